The number of anilines is 2. The number of thiazole rings is 1. The number of likely N-dealkylation sites (tertiary alicyclic amines) is 1. The van der Waals surface area contributed by atoms with Crippen LogP contribution < -0.4 is 5.32 Å². The van der Waals surface area contributed by atoms with E-state index in [1.165, 1.54) is 11.3 Å². The summed E-state index contributed by atoms with van der Waals surface area (Å²) in [6.07, 6.45) is 8.13. The van der Waals surface area contributed by atoms with Crippen LogP contribution in [0.25, 0.3) is 0 Å². The fourth-order valence-corrected chi connectivity index (χ4v) is 4.04. The third kappa shape index (κ3) is 3.85. The van der Waals surface area contributed by atoms with E-state index >= 15 is 0 Å². The molecule has 7 nitrogen and oxygen atoms in total. The number of carbonyl (C=O) groups excluding carboxylic acids is 1. The summed E-state index contributed by atoms with van der Waals surface area (Å²) in [5.74, 6) is 1.81. The maximum absolute atomic E-state index is 12.9. The zero-order valence-corrected chi connectivity index (χ0v) is 16.0. The molecule has 1 amide bonds. The van der Waals surface area contributed by atoms with Crippen molar-refractivity contribution in [3.8, 4) is 0 Å². The molecule has 1 fully saturated rings. The van der Waals surface area contributed by atoms with Crippen molar-refractivity contribution in [2.24, 2.45) is 0 Å². The lowest BCUT2D eigenvalue weighted by atomic mass is 10.1. The van der Waals surface area contributed by atoms with Crippen molar-refractivity contribution >= 4 is 28.2 Å². The zero-order chi connectivity index (χ0) is 18.6. The van der Waals surface area contributed by atoms with Gasteiger partial charge in [0.1, 0.15) is 18.2 Å². The predicted octanol–water partition coefficient (Wildman–Crippen LogP) is 3.40. The van der Waals surface area contributed by atoms with Gasteiger partial charge in [0, 0.05) is 36.9 Å². The summed E-state index contributed by atoms with van der Waals surface area (Å²) >= 11 is 1.53. The number of rotatable bonds is 6. The monoisotopic (exact) mass is 382 g/mol. The van der Waals surface area contributed by atoms with Gasteiger partial charge in [0.25, 0.3) is 0 Å². The van der Waals surface area contributed by atoms with E-state index in [1.54, 1.807) is 12.4 Å². The molecule has 0 aliphatic carbocycles. The number of imidazole rings is 1. The van der Waals surface area contributed by atoms with Gasteiger partial charge in [0.05, 0.1) is 11.7 Å². The summed E-state index contributed by atoms with van der Waals surface area (Å²) in [6, 6.07) is 5.91. The fraction of sp³-hybridized carbons (Fsp3) is 0.368. The largest absolute Gasteiger partial charge is 0.333 e. The molecule has 27 heavy (non-hydrogen) atoms. The lowest BCUT2D eigenvalue weighted by Crippen LogP contribution is -2.34. The Morgan fingerprint density at radius 3 is 3.07 bits per heavy atom. The second-order valence-electron chi connectivity index (χ2n) is 6.48. The molecule has 1 aliphatic heterocycles. The molecule has 3 aromatic rings. The quantitative estimate of drug-likeness (QED) is 0.707. The Hall–Kier alpha value is -2.74. The highest BCUT2D eigenvalue weighted by Crippen LogP contribution is 2.32. The second-order valence-corrected chi connectivity index (χ2v) is 7.37. The van der Waals surface area contributed by atoms with E-state index in [9.17, 15) is 4.79 Å². The minimum atomic E-state index is 0.0177. The van der Waals surface area contributed by atoms with Crippen molar-refractivity contribution in [1.82, 2.24) is 24.4 Å². The molecule has 0 aromatic carbocycles. The SMILES string of the molecule is CCc1nccn1CC(=O)N1CCC[C@@H]1c1cccc(Nc2nccs2)n1. The number of hydrogen-bond donors (Lipinski definition) is 1. The Bertz CT molecular complexity index is 907. The van der Waals surface area contributed by atoms with Crippen LogP contribution in [0.3, 0.4) is 0 Å². The van der Waals surface area contributed by atoms with Crippen LogP contribution in [0.2, 0.25) is 0 Å². The summed E-state index contributed by atoms with van der Waals surface area (Å²) in [4.78, 5) is 28.2. The molecule has 1 saturated heterocycles. The lowest BCUT2D eigenvalue weighted by Gasteiger charge is -2.25. The molecular formula is C19H22N6OS. The summed E-state index contributed by atoms with van der Waals surface area (Å²) in [6.45, 7) is 3.15. The third-order valence-corrected chi connectivity index (χ3v) is 5.46. The molecule has 140 valence electrons. The molecule has 8 heteroatoms. The van der Waals surface area contributed by atoms with Crippen molar-refractivity contribution in [2.45, 2.75) is 38.8 Å². The van der Waals surface area contributed by atoms with Gasteiger partial charge in [-0.25, -0.2) is 15.0 Å². The van der Waals surface area contributed by atoms with Gasteiger partial charge in [-0.2, -0.15) is 0 Å². The molecule has 0 unspecified atom stereocenters. The number of carbonyl (C=O) groups is 1. The lowest BCUT2D eigenvalue weighted by molar-refractivity contribution is -0.132. The zero-order valence-electron chi connectivity index (χ0n) is 15.2. The Kier molecular flexibility index (Phi) is 5.15. The van der Waals surface area contributed by atoms with Crippen LogP contribution in [0, 0.1) is 0 Å². The summed E-state index contributed by atoms with van der Waals surface area (Å²) in [7, 11) is 0. The first-order valence-corrected chi connectivity index (χ1v) is 10.1. The number of nitrogens with one attached hydrogen (secondary N) is 1. The van der Waals surface area contributed by atoms with Crippen molar-refractivity contribution in [3.63, 3.8) is 0 Å². The molecule has 1 aliphatic rings. The Balaban J connectivity index is 1.50. The molecule has 4 heterocycles. The Labute approximate surface area is 162 Å². The first kappa shape index (κ1) is 17.7. The molecule has 1 atom stereocenters. The van der Waals surface area contributed by atoms with Crippen LogP contribution >= 0.6 is 11.3 Å². The molecule has 0 bridgehead atoms. The minimum absolute atomic E-state index is 0.0177. The molecule has 0 saturated carbocycles. The third-order valence-electron chi connectivity index (χ3n) is 4.78. The normalized spacial score (nSPS) is 16.6. The molecule has 1 N–H and O–H groups in total. The predicted molar refractivity (Wildman–Crippen MR) is 105 cm³/mol. The van der Waals surface area contributed by atoms with Crippen molar-refractivity contribution in [1.29, 1.82) is 0 Å². The van der Waals surface area contributed by atoms with Crippen molar-refractivity contribution in [2.75, 3.05) is 11.9 Å². The summed E-state index contributed by atoms with van der Waals surface area (Å²) in [5, 5.41) is 5.96. The number of pyridine rings is 1. The number of amides is 1. The first-order chi connectivity index (χ1) is 13.2. The van der Waals surface area contributed by atoms with E-state index in [0.717, 1.165) is 48.3 Å². The van der Waals surface area contributed by atoms with E-state index in [2.05, 4.69) is 15.3 Å². The smallest absolute Gasteiger partial charge is 0.243 e. The molecule has 0 spiro atoms. The highest BCUT2D eigenvalue weighted by atomic mass is 32.1. The van der Waals surface area contributed by atoms with E-state index < -0.39 is 0 Å². The van der Waals surface area contributed by atoms with E-state index in [-0.39, 0.29) is 11.9 Å². The van der Waals surface area contributed by atoms with E-state index in [4.69, 9.17) is 4.98 Å². The first-order valence-electron chi connectivity index (χ1n) is 9.17. The molecule has 3 aromatic heterocycles. The van der Waals surface area contributed by atoms with E-state index in [1.807, 2.05) is 46.2 Å². The van der Waals surface area contributed by atoms with Gasteiger partial charge >= 0.3 is 0 Å². The molecule has 4 rings (SSSR count). The highest BCUT2D eigenvalue weighted by molar-refractivity contribution is 7.13. The topological polar surface area (TPSA) is 75.9 Å². The maximum Gasteiger partial charge on any atom is 0.243 e. The number of nitrogens with zero attached hydrogens (tertiary/aromatic N) is 5. The van der Waals surface area contributed by atoms with Crippen molar-refractivity contribution in [3.05, 3.63) is 53.7 Å². The fourth-order valence-electron chi connectivity index (χ4n) is 3.51. The van der Waals surface area contributed by atoms with Gasteiger partial charge < -0.3 is 14.8 Å². The van der Waals surface area contributed by atoms with Crippen molar-refractivity contribution < 1.29 is 4.79 Å². The Morgan fingerprint density at radius 1 is 1.33 bits per heavy atom. The van der Waals surface area contributed by atoms with Gasteiger partial charge in [0.2, 0.25) is 5.91 Å². The van der Waals surface area contributed by atoms with Gasteiger partial charge in [-0.3, -0.25) is 4.79 Å². The average molecular weight is 382 g/mol. The van der Waals surface area contributed by atoms with Crippen LogP contribution in [0.5, 0.6) is 0 Å². The number of aryl methyl sites for hydroxylation is 1. The van der Waals surface area contributed by atoms with Crippen LogP contribution in [0.4, 0.5) is 10.9 Å². The van der Waals surface area contributed by atoms with Crippen LogP contribution in [0.15, 0.2) is 42.2 Å². The molecule has 0 radical (unpaired) electrons. The van der Waals surface area contributed by atoms with E-state index in [0.29, 0.717) is 6.54 Å². The van der Waals surface area contributed by atoms with Gasteiger partial charge in [-0.15, -0.1) is 11.3 Å². The second kappa shape index (κ2) is 7.87. The van der Waals surface area contributed by atoms with Crippen LogP contribution in [0.1, 0.15) is 37.3 Å². The molecular weight excluding hydrogens is 360 g/mol. The number of hydrogen-bond acceptors (Lipinski definition) is 6. The summed E-state index contributed by atoms with van der Waals surface area (Å²) < 4.78 is 1.94. The Morgan fingerprint density at radius 2 is 2.26 bits per heavy atom. The minimum Gasteiger partial charge on any atom is -0.333 e. The summed E-state index contributed by atoms with van der Waals surface area (Å²) in [5.41, 5.74) is 0.920. The van der Waals surface area contributed by atoms with Crippen LogP contribution in [-0.4, -0.2) is 36.9 Å². The van der Waals surface area contributed by atoms with Crippen LogP contribution in [-0.2, 0) is 17.8 Å². The van der Waals surface area contributed by atoms with Gasteiger partial charge in [0.15, 0.2) is 5.13 Å². The maximum atomic E-state index is 12.9. The standard InChI is InChI=1S/C19H22N6OS/c1-2-17-20-8-11-24(17)13-18(26)25-10-4-6-15(25)14-5-3-7-16(22-14)23-19-21-9-12-27-19/h3,5,7-9,11-12,15H,2,4,6,10,13H2,1H3,(H,21,22,23)/t15-/m1/s1. The van der Waals surface area contributed by atoms with Gasteiger partial charge in [-0.05, 0) is 25.0 Å². The average Bonchev–Trinajstić information content (AvgIpc) is 3.43. The number of aromatic nitrogens is 4. The van der Waals surface area contributed by atoms with Gasteiger partial charge in [-0.1, -0.05) is 13.0 Å². The highest BCUT2D eigenvalue weighted by Gasteiger charge is 2.31.